The largest absolute Gasteiger partial charge is 0.497 e. The highest BCUT2D eigenvalue weighted by Crippen LogP contribution is 2.21. The van der Waals surface area contributed by atoms with Crippen LogP contribution in [0, 0.1) is 0 Å². The Bertz CT molecular complexity index is 1160. The number of ether oxygens (including phenoxy) is 1. The first-order valence-corrected chi connectivity index (χ1v) is 8.53. The molecule has 1 amide bonds. The summed E-state index contributed by atoms with van der Waals surface area (Å²) >= 11 is 0. The summed E-state index contributed by atoms with van der Waals surface area (Å²) in [5, 5.41) is 11.1. The van der Waals surface area contributed by atoms with Gasteiger partial charge in [0.1, 0.15) is 29.9 Å². The number of hydrogen-bond donors (Lipinski definition) is 1. The molecule has 0 atom stereocenters. The number of amides is 1. The van der Waals surface area contributed by atoms with E-state index in [-0.39, 0.29) is 19.0 Å². The standard InChI is InChI=1S/C19H17N5O4/c1-27-14-6-4-13(5-7-14)16-9-17-19(26)23(21-12-24(17)22-16)11-18(25)20-10-15-3-2-8-28-15/h2-9,12H,10-11H2,1H3,(H,20,25). The number of aromatic nitrogens is 4. The van der Waals surface area contributed by atoms with Gasteiger partial charge in [-0.15, -0.1) is 0 Å². The first kappa shape index (κ1) is 17.5. The van der Waals surface area contributed by atoms with Crippen LogP contribution < -0.4 is 15.6 Å². The molecule has 1 N–H and O–H groups in total. The fraction of sp³-hybridized carbons (Fsp3) is 0.158. The van der Waals surface area contributed by atoms with E-state index in [2.05, 4.69) is 15.5 Å². The fourth-order valence-corrected chi connectivity index (χ4v) is 2.74. The molecule has 28 heavy (non-hydrogen) atoms. The van der Waals surface area contributed by atoms with Gasteiger partial charge < -0.3 is 14.5 Å². The number of rotatable bonds is 6. The summed E-state index contributed by atoms with van der Waals surface area (Å²) in [5.74, 6) is 1.02. The van der Waals surface area contributed by atoms with Gasteiger partial charge in [0.05, 0.1) is 25.6 Å². The van der Waals surface area contributed by atoms with Gasteiger partial charge in [0.2, 0.25) is 5.91 Å². The molecule has 0 spiro atoms. The van der Waals surface area contributed by atoms with Gasteiger partial charge in [-0.1, -0.05) is 0 Å². The Labute approximate surface area is 159 Å². The highest BCUT2D eigenvalue weighted by atomic mass is 16.5. The van der Waals surface area contributed by atoms with Crippen LogP contribution in [0.2, 0.25) is 0 Å². The van der Waals surface area contributed by atoms with Crippen LogP contribution in [0.25, 0.3) is 16.8 Å². The topological polar surface area (TPSA) is 104 Å². The lowest BCUT2D eigenvalue weighted by atomic mass is 10.1. The quantitative estimate of drug-likeness (QED) is 0.544. The number of fused-ring (bicyclic) bond motifs is 1. The van der Waals surface area contributed by atoms with E-state index in [0.29, 0.717) is 17.0 Å². The van der Waals surface area contributed by atoms with Gasteiger partial charge in [-0.05, 0) is 42.5 Å². The lowest BCUT2D eigenvalue weighted by molar-refractivity contribution is -0.122. The molecule has 0 saturated heterocycles. The molecular weight excluding hydrogens is 362 g/mol. The Morgan fingerprint density at radius 3 is 2.79 bits per heavy atom. The number of carbonyl (C=O) groups is 1. The SMILES string of the molecule is COc1ccc(-c2cc3c(=O)n(CC(=O)NCc4ccco4)ncn3n2)cc1. The molecule has 3 aromatic heterocycles. The van der Waals surface area contributed by atoms with Gasteiger partial charge in [-0.3, -0.25) is 9.59 Å². The van der Waals surface area contributed by atoms with Crippen molar-refractivity contribution in [1.29, 1.82) is 0 Å². The van der Waals surface area contributed by atoms with Crippen LogP contribution in [-0.2, 0) is 17.9 Å². The predicted molar refractivity (Wildman–Crippen MR) is 99.8 cm³/mol. The zero-order chi connectivity index (χ0) is 19.5. The van der Waals surface area contributed by atoms with Crippen LogP contribution in [0.15, 0.2) is 64.3 Å². The molecule has 1 aromatic carbocycles. The Hall–Kier alpha value is -3.88. The molecule has 4 rings (SSSR count). The summed E-state index contributed by atoms with van der Waals surface area (Å²) in [7, 11) is 1.60. The van der Waals surface area contributed by atoms with E-state index in [1.54, 1.807) is 25.3 Å². The second-order valence-corrected chi connectivity index (χ2v) is 6.04. The Kier molecular flexibility index (Phi) is 4.63. The second kappa shape index (κ2) is 7.39. The molecule has 9 heteroatoms. The number of methoxy groups -OCH3 is 1. The summed E-state index contributed by atoms with van der Waals surface area (Å²) < 4.78 is 12.8. The Balaban J connectivity index is 1.54. The molecule has 142 valence electrons. The van der Waals surface area contributed by atoms with Crippen molar-refractivity contribution in [2.45, 2.75) is 13.1 Å². The van der Waals surface area contributed by atoms with Crippen molar-refractivity contribution in [1.82, 2.24) is 24.7 Å². The summed E-state index contributed by atoms with van der Waals surface area (Å²) in [4.78, 5) is 24.8. The van der Waals surface area contributed by atoms with Crippen LogP contribution in [0.4, 0.5) is 0 Å². The van der Waals surface area contributed by atoms with Crippen LogP contribution in [0.5, 0.6) is 5.75 Å². The molecule has 0 aliphatic carbocycles. The smallest absolute Gasteiger partial charge is 0.293 e. The molecular formula is C19H17N5O4. The third-order valence-electron chi connectivity index (χ3n) is 4.21. The molecule has 4 aromatic rings. The predicted octanol–water partition coefficient (Wildman–Crippen LogP) is 1.48. The molecule has 9 nitrogen and oxygen atoms in total. The number of benzene rings is 1. The van der Waals surface area contributed by atoms with Crippen molar-refractivity contribution in [2.75, 3.05) is 7.11 Å². The fourth-order valence-electron chi connectivity index (χ4n) is 2.74. The van der Waals surface area contributed by atoms with Crippen molar-refractivity contribution in [3.63, 3.8) is 0 Å². The lowest BCUT2D eigenvalue weighted by Gasteiger charge is -2.05. The van der Waals surface area contributed by atoms with Gasteiger partial charge in [0.15, 0.2) is 0 Å². The Morgan fingerprint density at radius 2 is 2.07 bits per heavy atom. The molecule has 0 aliphatic rings. The minimum Gasteiger partial charge on any atom is -0.497 e. The average Bonchev–Trinajstić information content (AvgIpc) is 3.39. The van der Waals surface area contributed by atoms with Crippen LogP contribution in [0.3, 0.4) is 0 Å². The van der Waals surface area contributed by atoms with Gasteiger partial charge in [-0.25, -0.2) is 9.20 Å². The lowest BCUT2D eigenvalue weighted by Crippen LogP contribution is -2.33. The molecule has 0 fully saturated rings. The van der Waals surface area contributed by atoms with Crippen LogP contribution in [-0.4, -0.2) is 32.4 Å². The van der Waals surface area contributed by atoms with E-state index < -0.39 is 5.56 Å². The van der Waals surface area contributed by atoms with Crippen molar-refractivity contribution in [2.24, 2.45) is 0 Å². The average molecular weight is 379 g/mol. The zero-order valence-corrected chi connectivity index (χ0v) is 15.0. The number of nitrogens with zero attached hydrogens (tertiary/aromatic N) is 4. The third kappa shape index (κ3) is 3.50. The van der Waals surface area contributed by atoms with E-state index in [1.165, 1.54) is 17.1 Å². The van der Waals surface area contributed by atoms with Crippen LogP contribution in [0.1, 0.15) is 5.76 Å². The first-order chi connectivity index (χ1) is 13.6. The first-order valence-electron chi connectivity index (χ1n) is 8.53. The molecule has 0 saturated carbocycles. The van der Waals surface area contributed by atoms with E-state index in [9.17, 15) is 9.59 Å². The minimum atomic E-state index is -0.400. The van der Waals surface area contributed by atoms with E-state index in [4.69, 9.17) is 9.15 Å². The number of nitrogens with one attached hydrogen (secondary N) is 1. The highest BCUT2D eigenvalue weighted by molar-refractivity contribution is 5.75. The molecule has 0 radical (unpaired) electrons. The molecule has 0 bridgehead atoms. The third-order valence-corrected chi connectivity index (χ3v) is 4.21. The van der Waals surface area contributed by atoms with E-state index >= 15 is 0 Å². The second-order valence-electron chi connectivity index (χ2n) is 6.04. The summed E-state index contributed by atoms with van der Waals surface area (Å²) in [5.41, 5.74) is 1.40. The van der Waals surface area contributed by atoms with E-state index in [1.807, 2.05) is 24.3 Å². The van der Waals surface area contributed by atoms with Gasteiger partial charge in [0.25, 0.3) is 5.56 Å². The number of hydrogen-bond acceptors (Lipinski definition) is 6. The number of carbonyl (C=O) groups excluding carboxylic acids is 1. The molecule has 3 heterocycles. The summed E-state index contributed by atoms with van der Waals surface area (Å²) in [6, 6.07) is 12.5. The van der Waals surface area contributed by atoms with Crippen molar-refractivity contribution in [3.05, 3.63) is 71.2 Å². The summed E-state index contributed by atoms with van der Waals surface area (Å²) in [6.07, 6.45) is 2.94. The maximum Gasteiger partial charge on any atom is 0.293 e. The summed E-state index contributed by atoms with van der Waals surface area (Å²) in [6.45, 7) is 0.0518. The highest BCUT2D eigenvalue weighted by Gasteiger charge is 2.12. The zero-order valence-electron chi connectivity index (χ0n) is 15.0. The van der Waals surface area contributed by atoms with Crippen molar-refractivity contribution >= 4 is 11.4 Å². The molecule has 0 aliphatic heterocycles. The number of furan rings is 1. The normalized spacial score (nSPS) is 10.9. The monoisotopic (exact) mass is 379 g/mol. The maximum absolute atomic E-state index is 12.7. The van der Waals surface area contributed by atoms with Crippen molar-refractivity contribution < 1.29 is 13.9 Å². The minimum absolute atomic E-state index is 0.195. The maximum atomic E-state index is 12.7. The van der Waals surface area contributed by atoms with Gasteiger partial charge in [0, 0.05) is 5.56 Å². The van der Waals surface area contributed by atoms with Gasteiger partial charge in [-0.2, -0.15) is 10.2 Å². The van der Waals surface area contributed by atoms with Gasteiger partial charge >= 0.3 is 0 Å². The van der Waals surface area contributed by atoms with E-state index in [0.717, 1.165) is 16.0 Å². The van der Waals surface area contributed by atoms with Crippen LogP contribution >= 0.6 is 0 Å². The van der Waals surface area contributed by atoms with Crippen molar-refractivity contribution in [3.8, 4) is 17.0 Å². The molecule has 0 unspecified atom stereocenters. The Morgan fingerprint density at radius 1 is 1.25 bits per heavy atom.